The maximum atomic E-state index is 14.0. The van der Waals surface area contributed by atoms with Crippen molar-refractivity contribution in [2.45, 2.75) is 76.5 Å². The van der Waals surface area contributed by atoms with Gasteiger partial charge in [0.05, 0.1) is 37.5 Å². The molecule has 11 nitrogen and oxygen atoms in total. The summed E-state index contributed by atoms with van der Waals surface area (Å²) in [7, 11) is 4.61. The number of aliphatic hydroxyl groups is 2. The molecule has 0 unspecified atom stereocenters. The number of unbranched alkanes of at least 4 members (excludes halogenated alkanes) is 4. The summed E-state index contributed by atoms with van der Waals surface area (Å²) in [5.41, 5.74) is 1.54. The van der Waals surface area contributed by atoms with E-state index in [0.717, 1.165) is 31.2 Å². The van der Waals surface area contributed by atoms with Gasteiger partial charge in [0.2, 0.25) is 11.8 Å². The van der Waals surface area contributed by atoms with E-state index < -0.39 is 24.2 Å². The van der Waals surface area contributed by atoms with E-state index >= 15 is 0 Å². The van der Waals surface area contributed by atoms with Gasteiger partial charge < -0.3 is 39.4 Å². The predicted octanol–water partition coefficient (Wildman–Crippen LogP) is 4.48. The van der Waals surface area contributed by atoms with Crippen molar-refractivity contribution in [1.29, 1.82) is 0 Å². The molecule has 2 aromatic carbocycles. The lowest BCUT2D eigenvalue weighted by Gasteiger charge is -2.41. The molecular weight excluding hydrogens is 719 g/mol. The molecule has 2 aromatic rings. The van der Waals surface area contributed by atoms with Crippen LogP contribution < -0.4 is 24.3 Å². The third-order valence-electron chi connectivity index (χ3n) is 8.18. The molecule has 0 heterocycles. The summed E-state index contributed by atoms with van der Waals surface area (Å²) in [5, 5.41) is 23.9. The van der Waals surface area contributed by atoms with Gasteiger partial charge in [-0.05, 0) is 77.4 Å². The van der Waals surface area contributed by atoms with E-state index in [0.29, 0.717) is 57.5 Å². The van der Waals surface area contributed by atoms with Gasteiger partial charge in [0.15, 0.2) is 11.5 Å². The lowest BCUT2D eigenvalue weighted by molar-refractivity contribution is -0.138. The summed E-state index contributed by atoms with van der Waals surface area (Å²) >= 11 is 2.02. The molecule has 1 aliphatic rings. The Kier molecular flexibility index (Phi) is 15.8. The Balaban J connectivity index is 2.01. The standard InChI is InChI=1S/C35H47IN2O9/c1-5-6-7-8-9-10-32(41)38(15-13-24-19-26(44-2)11-12-29(24)45-3)28-20-25(35(43)37-14-16-39)21-30(33(28)42)47-34-27(36)17-23(22-40)18-31(34)46-4/h11-12,17-19,21-22,28,30,33,39,42H,5-10,13-16,20H2,1-4H3,(H,37,43)/t28-,30+,33+/m1/s1. The van der Waals surface area contributed by atoms with Crippen LogP contribution in [0.1, 0.15) is 67.8 Å². The van der Waals surface area contributed by atoms with Gasteiger partial charge in [-0.2, -0.15) is 0 Å². The van der Waals surface area contributed by atoms with E-state index in [4.69, 9.17) is 18.9 Å². The number of methoxy groups -OCH3 is 3. The third-order valence-corrected chi connectivity index (χ3v) is 8.98. The largest absolute Gasteiger partial charge is 0.497 e. The maximum Gasteiger partial charge on any atom is 0.247 e. The molecule has 3 rings (SSSR count). The third kappa shape index (κ3) is 10.6. The molecule has 2 amide bonds. The molecule has 258 valence electrons. The van der Waals surface area contributed by atoms with Crippen LogP contribution in [0, 0.1) is 3.57 Å². The van der Waals surface area contributed by atoms with Crippen molar-refractivity contribution < 1.29 is 43.5 Å². The van der Waals surface area contributed by atoms with Gasteiger partial charge in [-0.15, -0.1) is 0 Å². The van der Waals surface area contributed by atoms with E-state index in [1.165, 1.54) is 13.2 Å². The number of halogens is 1. The molecule has 0 radical (unpaired) electrons. The second kappa shape index (κ2) is 19.5. The smallest absolute Gasteiger partial charge is 0.247 e. The highest BCUT2D eigenvalue weighted by atomic mass is 127. The topological polar surface area (TPSA) is 144 Å². The Morgan fingerprint density at radius 1 is 1.04 bits per heavy atom. The van der Waals surface area contributed by atoms with Gasteiger partial charge in [-0.1, -0.05) is 32.6 Å². The van der Waals surface area contributed by atoms with E-state index in [9.17, 15) is 24.6 Å². The summed E-state index contributed by atoms with van der Waals surface area (Å²) < 4.78 is 23.4. The van der Waals surface area contributed by atoms with Crippen LogP contribution in [0.15, 0.2) is 42.0 Å². The van der Waals surface area contributed by atoms with Crippen LogP contribution in [0.2, 0.25) is 0 Å². The quantitative estimate of drug-likeness (QED) is 0.107. The second-order valence-electron chi connectivity index (χ2n) is 11.3. The van der Waals surface area contributed by atoms with Gasteiger partial charge in [0.1, 0.15) is 30.0 Å². The van der Waals surface area contributed by atoms with Gasteiger partial charge in [0, 0.05) is 37.1 Å². The molecule has 0 spiro atoms. The maximum absolute atomic E-state index is 14.0. The number of amides is 2. The van der Waals surface area contributed by atoms with Crippen LogP contribution in [0.25, 0.3) is 0 Å². The number of benzene rings is 2. The normalized spacial score (nSPS) is 17.3. The molecule has 0 fully saturated rings. The summed E-state index contributed by atoms with van der Waals surface area (Å²) in [6.07, 6.45) is 5.62. The zero-order valence-electron chi connectivity index (χ0n) is 27.6. The molecule has 3 atom stereocenters. The van der Waals surface area contributed by atoms with Gasteiger partial charge >= 0.3 is 0 Å². The second-order valence-corrected chi connectivity index (χ2v) is 12.5. The first-order valence-electron chi connectivity index (χ1n) is 16.0. The first-order chi connectivity index (χ1) is 22.7. The van der Waals surface area contributed by atoms with E-state index in [2.05, 4.69) is 12.2 Å². The Bertz CT molecular complexity index is 1380. The number of nitrogens with zero attached hydrogens (tertiary/aromatic N) is 1. The lowest BCUT2D eigenvalue weighted by Crippen LogP contribution is -2.55. The van der Waals surface area contributed by atoms with Crippen LogP contribution in [0.4, 0.5) is 0 Å². The number of carbonyl (C=O) groups is 3. The Morgan fingerprint density at radius 2 is 1.79 bits per heavy atom. The first-order valence-corrected chi connectivity index (χ1v) is 17.1. The highest BCUT2D eigenvalue weighted by Gasteiger charge is 2.40. The molecule has 1 aliphatic carbocycles. The van der Waals surface area contributed by atoms with Crippen LogP contribution in [-0.4, -0.2) is 92.5 Å². The van der Waals surface area contributed by atoms with Crippen LogP contribution in [0.5, 0.6) is 23.0 Å². The van der Waals surface area contributed by atoms with Crippen LogP contribution in [-0.2, 0) is 16.0 Å². The number of ether oxygens (including phenoxy) is 4. The number of carbonyl (C=O) groups excluding carboxylic acids is 3. The van der Waals surface area contributed by atoms with Crippen molar-refractivity contribution in [3.8, 4) is 23.0 Å². The molecule has 0 saturated carbocycles. The van der Waals surface area contributed by atoms with E-state index in [1.807, 2.05) is 34.7 Å². The van der Waals surface area contributed by atoms with E-state index in [-0.39, 0.29) is 37.8 Å². The molecule has 12 heteroatoms. The van der Waals surface area contributed by atoms with Gasteiger partial charge in [-0.3, -0.25) is 14.4 Å². The Hall–Kier alpha value is -3.36. The molecule has 0 aromatic heterocycles. The number of nitrogens with one attached hydrogen (secondary N) is 1. The van der Waals surface area contributed by atoms with Crippen molar-refractivity contribution in [3.63, 3.8) is 0 Å². The zero-order valence-corrected chi connectivity index (χ0v) is 29.8. The molecule has 0 saturated heterocycles. The Morgan fingerprint density at radius 3 is 2.45 bits per heavy atom. The molecule has 47 heavy (non-hydrogen) atoms. The number of aldehydes is 1. The van der Waals surface area contributed by atoms with Crippen molar-refractivity contribution in [2.75, 3.05) is 41.0 Å². The van der Waals surface area contributed by atoms with Crippen molar-refractivity contribution in [1.82, 2.24) is 10.2 Å². The number of rotatable bonds is 19. The highest BCUT2D eigenvalue weighted by molar-refractivity contribution is 14.1. The number of aliphatic hydroxyl groups excluding tert-OH is 2. The highest BCUT2D eigenvalue weighted by Crippen LogP contribution is 2.37. The van der Waals surface area contributed by atoms with E-state index in [1.54, 1.807) is 37.3 Å². The lowest BCUT2D eigenvalue weighted by atomic mass is 9.87. The summed E-state index contributed by atoms with van der Waals surface area (Å²) in [6, 6.07) is 7.83. The summed E-state index contributed by atoms with van der Waals surface area (Å²) in [4.78, 5) is 40.3. The minimum atomic E-state index is -1.22. The van der Waals surface area contributed by atoms with Gasteiger partial charge in [-0.25, -0.2) is 0 Å². The van der Waals surface area contributed by atoms with Crippen molar-refractivity contribution in [3.05, 3.63) is 56.7 Å². The number of hydrogen-bond acceptors (Lipinski definition) is 9. The first kappa shape index (κ1) is 38.1. The number of hydrogen-bond donors (Lipinski definition) is 3. The zero-order chi connectivity index (χ0) is 34.3. The molecular formula is C35H47IN2O9. The van der Waals surface area contributed by atoms with Crippen molar-refractivity contribution >= 4 is 40.7 Å². The molecule has 0 bridgehead atoms. The predicted molar refractivity (Wildman–Crippen MR) is 186 cm³/mol. The minimum absolute atomic E-state index is 0.0455. The Labute approximate surface area is 290 Å². The van der Waals surface area contributed by atoms with Gasteiger partial charge in [0.25, 0.3) is 0 Å². The fourth-order valence-electron chi connectivity index (χ4n) is 5.65. The summed E-state index contributed by atoms with van der Waals surface area (Å²) in [5.74, 6) is 1.32. The van der Waals surface area contributed by atoms with Crippen molar-refractivity contribution in [2.24, 2.45) is 0 Å². The fourth-order valence-corrected chi connectivity index (χ4v) is 6.41. The minimum Gasteiger partial charge on any atom is -0.497 e. The molecule has 0 aliphatic heterocycles. The SMILES string of the molecule is CCCCCCCC(=O)N(CCc1cc(OC)ccc1OC)[C@@H]1CC(C(=O)NCCO)=C[C@H](Oc2c(I)cc(C=O)cc2OC)[C@H]1O. The average Bonchev–Trinajstić information content (AvgIpc) is 3.08. The molecule has 3 N–H and O–H groups in total. The fraction of sp³-hybridized carbons (Fsp3) is 0.514. The average molecular weight is 767 g/mol. The monoisotopic (exact) mass is 766 g/mol. The summed E-state index contributed by atoms with van der Waals surface area (Å²) in [6.45, 7) is 2.18. The van der Waals surface area contributed by atoms with Crippen LogP contribution in [0.3, 0.4) is 0 Å². The van der Waals surface area contributed by atoms with Crippen LogP contribution >= 0.6 is 22.6 Å².